The van der Waals surface area contributed by atoms with Crippen LogP contribution in [0.3, 0.4) is 0 Å². The average molecular weight is 514 g/mol. The molecule has 4 rings (SSSR count). The predicted octanol–water partition coefficient (Wildman–Crippen LogP) is 2.54. The van der Waals surface area contributed by atoms with Crippen LogP contribution < -0.4 is 10.6 Å². The van der Waals surface area contributed by atoms with E-state index in [2.05, 4.69) is 27.9 Å². The fraction of sp³-hybridized carbons (Fsp3) is 0.423. The van der Waals surface area contributed by atoms with Gasteiger partial charge in [-0.2, -0.15) is 5.10 Å². The summed E-state index contributed by atoms with van der Waals surface area (Å²) in [7, 11) is 3.68. The molecule has 36 heavy (non-hydrogen) atoms. The van der Waals surface area contributed by atoms with Crippen molar-refractivity contribution in [2.75, 3.05) is 45.1 Å². The number of carbonyl (C=O) groups excluding carboxylic acids is 2. The Hall–Kier alpha value is -3.14. The highest BCUT2D eigenvalue weighted by molar-refractivity contribution is 5.88. The Bertz CT molecular complexity index is 1190. The second-order valence-electron chi connectivity index (χ2n) is 9.06. The molecule has 1 aromatic heterocycles. The van der Waals surface area contributed by atoms with E-state index in [1.54, 1.807) is 21.6 Å². The summed E-state index contributed by atoms with van der Waals surface area (Å²) in [6.07, 6.45) is 1.95. The molecule has 0 saturated carbocycles. The van der Waals surface area contributed by atoms with E-state index in [-0.39, 0.29) is 37.3 Å². The molecule has 0 bridgehead atoms. The Morgan fingerprint density at radius 3 is 2.47 bits per heavy atom. The highest BCUT2D eigenvalue weighted by Gasteiger charge is 2.27. The van der Waals surface area contributed by atoms with Gasteiger partial charge in [-0.25, -0.2) is 5.01 Å². The van der Waals surface area contributed by atoms with Gasteiger partial charge in [0.05, 0.1) is 12.1 Å². The van der Waals surface area contributed by atoms with Gasteiger partial charge >= 0.3 is 0 Å². The molecular formula is C26H36ClN7O2. The fourth-order valence-corrected chi connectivity index (χ4v) is 4.41. The number of fused-ring (bicyclic) bond motifs is 2. The fourth-order valence-electron chi connectivity index (χ4n) is 4.41. The molecule has 1 aliphatic rings. The molecule has 0 aliphatic carbocycles. The number of anilines is 1. The lowest BCUT2D eigenvalue weighted by Crippen LogP contribution is -2.49. The summed E-state index contributed by atoms with van der Waals surface area (Å²) in [5.74, 6) is -0.212. The molecule has 0 saturated heterocycles. The van der Waals surface area contributed by atoms with Crippen LogP contribution in [-0.4, -0.2) is 76.3 Å². The lowest BCUT2D eigenvalue weighted by atomic mass is 10.1. The van der Waals surface area contributed by atoms with E-state index in [4.69, 9.17) is 0 Å². The Morgan fingerprint density at radius 2 is 1.81 bits per heavy atom. The molecule has 1 aliphatic heterocycles. The third-order valence-electron chi connectivity index (χ3n) is 6.49. The zero-order chi connectivity index (χ0) is 24.9. The largest absolute Gasteiger partial charge is 0.376 e. The van der Waals surface area contributed by atoms with Gasteiger partial charge in [0.25, 0.3) is 5.91 Å². The molecular weight excluding hydrogens is 478 g/mol. The molecule has 194 valence electrons. The van der Waals surface area contributed by atoms with Crippen LogP contribution in [0.4, 0.5) is 5.69 Å². The minimum atomic E-state index is -0.111. The minimum absolute atomic E-state index is 0. The van der Waals surface area contributed by atoms with Gasteiger partial charge in [-0.3, -0.25) is 19.3 Å². The lowest BCUT2D eigenvalue weighted by Gasteiger charge is -2.31. The number of aryl methyl sites for hydroxylation is 2. The summed E-state index contributed by atoms with van der Waals surface area (Å²) in [6.45, 7) is 7.48. The molecule has 2 heterocycles. The predicted molar refractivity (Wildman–Crippen MR) is 145 cm³/mol. The van der Waals surface area contributed by atoms with Crippen molar-refractivity contribution in [1.29, 1.82) is 0 Å². The van der Waals surface area contributed by atoms with Crippen LogP contribution in [-0.2, 0) is 29.7 Å². The van der Waals surface area contributed by atoms with Crippen LogP contribution in [0, 0.1) is 6.92 Å². The number of aromatic nitrogens is 2. The number of nitrogens with zero attached hydrogens (tertiary/aromatic N) is 5. The van der Waals surface area contributed by atoms with Crippen molar-refractivity contribution in [2.45, 2.75) is 26.9 Å². The van der Waals surface area contributed by atoms with Crippen molar-refractivity contribution >= 4 is 40.8 Å². The van der Waals surface area contributed by atoms with Gasteiger partial charge in [-0.1, -0.05) is 31.2 Å². The van der Waals surface area contributed by atoms with Crippen molar-refractivity contribution in [1.82, 2.24) is 30.0 Å². The third kappa shape index (κ3) is 6.34. The summed E-state index contributed by atoms with van der Waals surface area (Å²) in [6, 6.07) is 12.3. The molecule has 0 unspecified atom stereocenters. The van der Waals surface area contributed by atoms with Gasteiger partial charge in [0.2, 0.25) is 5.91 Å². The number of hydrazine groups is 1. The van der Waals surface area contributed by atoms with Crippen LogP contribution >= 0.6 is 12.4 Å². The number of hydrogen-bond donors (Lipinski definition) is 2. The van der Waals surface area contributed by atoms with Gasteiger partial charge in [0.1, 0.15) is 6.54 Å². The first-order valence-electron chi connectivity index (χ1n) is 12.1. The number of rotatable bonds is 10. The number of carbonyl (C=O) groups is 2. The number of amides is 2. The van der Waals surface area contributed by atoms with E-state index in [0.29, 0.717) is 26.2 Å². The van der Waals surface area contributed by atoms with E-state index in [1.807, 2.05) is 56.4 Å². The average Bonchev–Trinajstić information content (AvgIpc) is 3.43. The standard InChI is InChI=1S/C26H35N7O2.ClH/c1-5-27-10-11-32(18-26(35)31(4)33-16-20-8-6-7-9-21(20)17-33)25(34)14-28-23-13-22-15-30(3)29-24(22)12-19(23)2;/h6-9,12-13,15,27-28H,5,10-11,14,16-18H2,1-4H3;1H. The summed E-state index contributed by atoms with van der Waals surface area (Å²) in [5, 5.41) is 15.6. The van der Waals surface area contributed by atoms with Crippen molar-refractivity contribution in [3.8, 4) is 0 Å². The maximum atomic E-state index is 13.2. The summed E-state index contributed by atoms with van der Waals surface area (Å²) in [4.78, 5) is 28.0. The number of likely N-dealkylation sites (N-methyl/N-ethyl adjacent to an activating group) is 2. The van der Waals surface area contributed by atoms with Crippen LogP contribution in [0.2, 0.25) is 0 Å². The molecule has 9 nitrogen and oxygen atoms in total. The molecule has 0 radical (unpaired) electrons. The summed E-state index contributed by atoms with van der Waals surface area (Å²) < 4.78 is 1.78. The number of nitrogens with one attached hydrogen (secondary N) is 2. The van der Waals surface area contributed by atoms with Gasteiger partial charge in [0.15, 0.2) is 0 Å². The van der Waals surface area contributed by atoms with E-state index in [0.717, 1.165) is 28.7 Å². The van der Waals surface area contributed by atoms with Crippen molar-refractivity contribution in [3.63, 3.8) is 0 Å². The Balaban J connectivity index is 0.00000361. The van der Waals surface area contributed by atoms with E-state index in [1.165, 1.54) is 11.1 Å². The van der Waals surface area contributed by atoms with E-state index < -0.39 is 0 Å². The number of halogens is 1. The van der Waals surface area contributed by atoms with Crippen LogP contribution in [0.1, 0.15) is 23.6 Å². The van der Waals surface area contributed by atoms with Crippen molar-refractivity contribution in [2.24, 2.45) is 7.05 Å². The normalized spacial score (nSPS) is 12.8. The van der Waals surface area contributed by atoms with Gasteiger partial charge in [-0.05, 0) is 42.3 Å². The van der Waals surface area contributed by atoms with E-state index >= 15 is 0 Å². The molecule has 0 atom stereocenters. The van der Waals surface area contributed by atoms with Gasteiger partial charge in [-0.15, -0.1) is 12.4 Å². The highest BCUT2D eigenvalue weighted by atomic mass is 35.5. The van der Waals surface area contributed by atoms with Crippen LogP contribution in [0.5, 0.6) is 0 Å². The zero-order valence-electron chi connectivity index (χ0n) is 21.5. The Labute approximate surface area is 218 Å². The quantitative estimate of drug-likeness (QED) is 0.405. The molecule has 10 heteroatoms. The van der Waals surface area contributed by atoms with E-state index in [9.17, 15) is 9.59 Å². The second-order valence-corrected chi connectivity index (χ2v) is 9.06. The number of benzene rings is 2. The SMILES string of the molecule is CCNCCN(CC(=O)N(C)N1Cc2ccccc2C1)C(=O)CNc1cc2cn(C)nc2cc1C.Cl. The molecule has 2 amide bonds. The smallest absolute Gasteiger partial charge is 0.256 e. The topological polar surface area (TPSA) is 85.7 Å². The second kappa shape index (κ2) is 12.2. The molecule has 3 aromatic rings. The maximum absolute atomic E-state index is 13.2. The molecule has 0 spiro atoms. The number of hydrogen-bond acceptors (Lipinski definition) is 6. The lowest BCUT2D eigenvalue weighted by molar-refractivity contribution is -0.151. The third-order valence-corrected chi connectivity index (χ3v) is 6.49. The maximum Gasteiger partial charge on any atom is 0.256 e. The highest BCUT2D eigenvalue weighted by Crippen LogP contribution is 2.24. The monoisotopic (exact) mass is 513 g/mol. The molecule has 2 N–H and O–H groups in total. The minimum Gasteiger partial charge on any atom is -0.376 e. The first-order chi connectivity index (χ1) is 16.9. The van der Waals surface area contributed by atoms with Gasteiger partial charge in [0, 0.05) is 57.5 Å². The van der Waals surface area contributed by atoms with Crippen LogP contribution in [0.25, 0.3) is 10.9 Å². The van der Waals surface area contributed by atoms with Gasteiger partial charge < -0.3 is 15.5 Å². The van der Waals surface area contributed by atoms with Crippen LogP contribution in [0.15, 0.2) is 42.6 Å². The molecule has 0 fully saturated rings. The zero-order valence-corrected chi connectivity index (χ0v) is 22.3. The first-order valence-corrected chi connectivity index (χ1v) is 12.1. The van der Waals surface area contributed by atoms with Crippen molar-refractivity contribution in [3.05, 3.63) is 59.3 Å². The first kappa shape index (κ1) is 27.4. The summed E-state index contributed by atoms with van der Waals surface area (Å²) >= 11 is 0. The Morgan fingerprint density at radius 1 is 1.11 bits per heavy atom. The summed E-state index contributed by atoms with van der Waals surface area (Å²) in [5.41, 5.74) is 5.30. The molecule has 2 aromatic carbocycles. The Kier molecular flexibility index (Phi) is 9.31. The van der Waals surface area contributed by atoms with Crippen molar-refractivity contribution < 1.29 is 9.59 Å².